The molecule has 1 atom stereocenters. The molecule has 2 amide bonds. The summed E-state index contributed by atoms with van der Waals surface area (Å²) in [6.07, 6.45) is 1.73. The zero-order valence-electron chi connectivity index (χ0n) is 25.7. The normalized spacial score (nSPS) is 12.5. The summed E-state index contributed by atoms with van der Waals surface area (Å²) in [6, 6.07) is 19.3. The Kier molecular flexibility index (Phi) is 11.7. The zero-order chi connectivity index (χ0) is 31.9. The molecule has 3 aromatic carbocycles. The number of hydrogen-bond acceptors (Lipinski definition) is 4. The molecule has 3 rings (SSSR count). The van der Waals surface area contributed by atoms with Gasteiger partial charge in [-0.3, -0.25) is 13.9 Å². The Morgan fingerprint density at radius 1 is 0.930 bits per heavy atom. The van der Waals surface area contributed by atoms with E-state index in [1.165, 1.54) is 4.31 Å². The summed E-state index contributed by atoms with van der Waals surface area (Å²) in [5, 5.41) is 3.89. The number of amides is 2. The van der Waals surface area contributed by atoms with E-state index in [0.717, 1.165) is 22.9 Å². The monoisotopic (exact) mass is 645 g/mol. The van der Waals surface area contributed by atoms with Gasteiger partial charge in [0.1, 0.15) is 6.04 Å². The van der Waals surface area contributed by atoms with Gasteiger partial charge in [0.15, 0.2) is 0 Å². The minimum atomic E-state index is -3.60. The number of aryl methyl sites for hydroxylation is 2. The number of nitrogens with one attached hydrogen (secondary N) is 1. The molecule has 3 aromatic rings. The third-order valence-corrected chi connectivity index (χ3v) is 8.55. The summed E-state index contributed by atoms with van der Waals surface area (Å²) >= 11 is 12.7. The van der Waals surface area contributed by atoms with Crippen molar-refractivity contribution < 1.29 is 18.0 Å². The number of halogens is 2. The van der Waals surface area contributed by atoms with Crippen LogP contribution in [0.2, 0.25) is 10.0 Å². The van der Waals surface area contributed by atoms with Crippen molar-refractivity contribution in [2.24, 2.45) is 0 Å². The lowest BCUT2D eigenvalue weighted by molar-refractivity contribution is -0.142. The molecule has 0 aliphatic carbocycles. The van der Waals surface area contributed by atoms with Crippen LogP contribution in [-0.2, 0) is 32.6 Å². The van der Waals surface area contributed by atoms with E-state index in [1.807, 2.05) is 83.1 Å². The highest BCUT2D eigenvalue weighted by molar-refractivity contribution is 7.92. The van der Waals surface area contributed by atoms with E-state index in [1.54, 1.807) is 23.1 Å². The predicted molar refractivity (Wildman–Crippen MR) is 176 cm³/mol. The molecule has 0 heterocycles. The van der Waals surface area contributed by atoms with Crippen LogP contribution in [0.25, 0.3) is 0 Å². The molecule has 0 aliphatic heterocycles. The Morgan fingerprint density at radius 2 is 1.56 bits per heavy atom. The molecule has 0 unspecified atom stereocenters. The molecule has 0 radical (unpaired) electrons. The van der Waals surface area contributed by atoms with Crippen LogP contribution in [-0.4, -0.2) is 49.5 Å². The SMILES string of the molecule is Cc1cc(C)cc(N(CCCC(=O)N(Cc2ccc(Cl)cc2Cl)[C@@H](Cc2ccccc2)C(=O)NC(C)(C)C)S(C)(=O)=O)c1. The molecule has 10 heteroatoms. The standard InChI is InChI=1S/C33H41Cl2N3O4S/c1-23-17-24(2)19-28(18-23)38(43(6,41)42)16-10-13-31(39)37(22-26-14-15-27(34)21-29(26)35)30(32(40)36-33(3,4)5)20-25-11-8-7-9-12-25/h7-9,11-12,14-15,17-19,21,30H,10,13,16,20,22H2,1-6H3,(H,36,40)/t30-/m0/s1. The van der Waals surface area contributed by atoms with Crippen LogP contribution in [0.15, 0.2) is 66.7 Å². The van der Waals surface area contributed by atoms with Crippen LogP contribution in [0.3, 0.4) is 0 Å². The zero-order valence-corrected chi connectivity index (χ0v) is 28.0. The minimum Gasteiger partial charge on any atom is -0.350 e. The Balaban J connectivity index is 1.94. The second-order valence-electron chi connectivity index (χ2n) is 12.0. The van der Waals surface area contributed by atoms with Crippen molar-refractivity contribution in [3.05, 3.63) is 99.0 Å². The van der Waals surface area contributed by atoms with Crippen LogP contribution in [0.5, 0.6) is 0 Å². The lowest BCUT2D eigenvalue weighted by Gasteiger charge is -2.34. The summed E-state index contributed by atoms with van der Waals surface area (Å²) in [4.78, 5) is 29.3. The number of anilines is 1. The first kappa shape index (κ1) is 34.4. The fourth-order valence-electron chi connectivity index (χ4n) is 4.94. The molecule has 0 bridgehead atoms. The molecule has 0 saturated carbocycles. The van der Waals surface area contributed by atoms with Crippen LogP contribution < -0.4 is 9.62 Å². The topological polar surface area (TPSA) is 86.8 Å². The van der Waals surface area contributed by atoms with E-state index in [2.05, 4.69) is 5.32 Å². The van der Waals surface area contributed by atoms with E-state index in [0.29, 0.717) is 21.3 Å². The molecule has 0 saturated heterocycles. The molecule has 0 fully saturated rings. The van der Waals surface area contributed by atoms with Crippen molar-refractivity contribution in [1.82, 2.24) is 10.2 Å². The quantitative estimate of drug-likeness (QED) is 0.237. The largest absolute Gasteiger partial charge is 0.350 e. The van der Waals surface area contributed by atoms with Gasteiger partial charge in [0.2, 0.25) is 21.8 Å². The average Bonchev–Trinajstić information content (AvgIpc) is 2.88. The van der Waals surface area contributed by atoms with Gasteiger partial charge in [-0.15, -0.1) is 0 Å². The molecular weight excluding hydrogens is 605 g/mol. The fraction of sp³-hybridized carbons (Fsp3) is 0.394. The highest BCUT2D eigenvalue weighted by atomic mass is 35.5. The average molecular weight is 647 g/mol. The maximum absolute atomic E-state index is 14.0. The van der Waals surface area contributed by atoms with Crippen molar-refractivity contribution >= 4 is 50.7 Å². The summed E-state index contributed by atoms with van der Waals surface area (Å²) < 4.78 is 26.8. The Labute approximate surface area is 266 Å². The number of carbonyl (C=O) groups is 2. The molecule has 0 aliphatic rings. The number of rotatable bonds is 12. The smallest absolute Gasteiger partial charge is 0.243 e. The van der Waals surface area contributed by atoms with Gasteiger partial charge in [0, 0.05) is 41.5 Å². The number of carbonyl (C=O) groups excluding carboxylic acids is 2. The molecule has 43 heavy (non-hydrogen) atoms. The highest BCUT2D eigenvalue weighted by Gasteiger charge is 2.32. The third kappa shape index (κ3) is 10.6. The number of benzene rings is 3. The van der Waals surface area contributed by atoms with Gasteiger partial charge >= 0.3 is 0 Å². The lowest BCUT2D eigenvalue weighted by atomic mass is 10.00. The second kappa shape index (κ2) is 14.6. The molecule has 0 spiro atoms. The van der Waals surface area contributed by atoms with Crippen LogP contribution >= 0.6 is 23.2 Å². The summed E-state index contributed by atoms with van der Waals surface area (Å²) in [5.74, 6) is -0.576. The summed E-state index contributed by atoms with van der Waals surface area (Å²) in [6.45, 7) is 9.68. The first-order chi connectivity index (χ1) is 20.0. The van der Waals surface area contributed by atoms with Gasteiger partial charge in [-0.2, -0.15) is 0 Å². The van der Waals surface area contributed by atoms with E-state index in [-0.39, 0.29) is 44.2 Å². The number of nitrogens with zero attached hydrogens (tertiary/aromatic N) is 2. The van der Waals surface area contributed by atoms with Crippen molar-refractivity contribution in [3.8, 4) is 0 Å². The summed E-state index contributed by atoms with van der Waals surface area (Å²) in [5.41, 5.74) is 3.46. The van der Waals surface area contributed by atoms with Gasteiger partial charge in [0.05, 0.1) is 11.9 Å². The minimum absolute atomic E-state index is 0.0239. The summed E-state index contributed by atoms with van der Waals surface area (Å²) in [7, 11) is -3.60. The van der Waals surface area contributed by atoms with Gasteiger partial charge in [-0.05, 0) is 87.6 Å². The van der Waals surface area contributed by atoms with Gasteiger partial charge in [0.25, 0.3) is 0 Å². The maximum atomic E-state index is 14.0. The lowest BCUT2D eigenvalue weighted by Crippen LogP contribution is -2.54. The Bertz CT molecular complexity index is 1520. The van der Waals surface area contributed by atoms with Crippen LogP contribution in [0, 0.1) is 13.8 Å². The second-order valence-corrected chi connectivity index (χ2v) is 14.7. The molecule has 7 nitrogen and oxygen atoms in total. The molecule has 0 aromatic heterocycles. The van der Waals surface area contributed by atoms with E-state index >= 15 is 0 Å². The molecular formula is C33H41Cl2N3O4S. The van der Waals surface area contributed by atoms with Crippen molar-refractivity contribution in [2.75, 3.05) is 17.1 Å². The van der Waals surface area contributed by atoms with Gasteiger partial charge in [-0.25, -0.2) is 8.42 Å². The van der Waals surface area contributed by atoms with Gasteiger partial charge in [-0.1, -0.05) is 65.7 Å². The predicted octanol–water partition coefficient (Wildman–Crippen LogP) is 6.71. The first-order valence-corrected chi connectivity index (χ1v) is 16.8. The highest BCUT2D eigenvalue weighted by Crippen LogP contribution is 2.26. The van der Waals surface area contributed by atoms with Crippen molar-refractivity contribution in [3.63, 3.8) is 0 Å². The maximum Gasteiger partial charge on any atom is 0.243 e. The Morgan fingerprint density at radius 3 is 2.12 bits per heavy atom. The van der Waals surface area contributed by atoms with E-state index in [9.17, 15) is 18.0 Å². The third-order valence-electron chi connectivity index (χ3n) is 6.77. The first-order valence-electron chi connectivity index (χ1n) is 14.2. The fourth-order valence-corrected chi connectivity index (χ4v) is 6.36. The number of sulfonamides is 1. The van der Waals surface area contributed by atoms with E-state index in [4.69, 9.17) is 23.2 Å². The molecule has 232 valence electrons. The van der Waals surface area contributed by atoms with E-state index < -0.39 is 21.6 Å². The van der Waals surface area contributed by atoms with Crippen LogP contribution in [0.1, 0.15) is 55.9 Å². The van der Waals surface area contributed by atoms with Gasteiger partial charge < -0.3 is 10.2 Å². The molecule has 1 N–H and O–H groups in total. The Hall–Kier alpha value is -3.07. The van der Waals surface area contributed by atoms with Crippen molar-refractivity contribution in [2.45, 2.75) is 72.0 Å². The number of hydrogen-bond donors (Lipinski definition) is 1. The van der Waals surface area contributed by atoms with Crippen LogP contribution in [0.4, 0.5) is 5.69 Å². The van der Waals surface area contributed by atoms with Crippen molar-refractivity contribution in [1.29, 1.82) is 0 Å².